The first-order chi connectivity index (χ1) is 11.4. The van der Waals surface area contributed by atoms with Crippen LogP contribution in [-0.4, -0.2) is 54.2 Å². The SMILES string of the molecule is Cc1cnc(-c2ccc([C@@H]3CCCN(S(=O)(=O)N(C)C)C3)nc2)s1. The van der Waals surface area contributed by atoms with Crippen LogP contribution < -0.4 is 0 Å². The van der Waals surface area contributed by atoms with Crippen LogP contribution in [0.2, 0.25) is 0 Å². The molecule has 0 saturated carbocycles. The highest BCUT2D eigenvalue weighted by Gasteiger charge is 2.31. The predicted octanol–water partition coefficient (Wildman–Crippen LogP) is 2.50. The molecular formula is C16H22N4O2S2. The van der Waals surface area contributed by atoms with E-state index < -0.39 is 10.2 Å². The van der Waals surface area contributed by atoms with Gasteiger partial charge in [0, 0.05) is 61.6 Å². The summed E-state index contributed by atoms with van der Waals surface area (Å²) in [6.07, 6.45) is 5.51. The maximum absolute atomic E-state index is 12.3. The summed E-state index contributed by atoms with van der Waals surface area (Å²) in [5, 5.41) is 0.965. The first-order valence-corrected chi connectivity index (χ1v) is 10.2. The monoisotopic (exact) mass is 366 g/mol. The summed E-state index contributed by atoms with van der Waals surface area (Å²) in [6.45, 7) is 3.10. The molecule has 130 valence electrons. The third-order valence-electron chi connectivity index (χ3n) is 4.24. The molecule has 2 aromatic heterocycles. The molecule has 24 heavy (non-hydrogen) atoms. The van der Waals surface area contributed by atoms with Crippen LogP contribution in [0, 0.1) is 6.92 Å². The molecule has 6 nitrogen and oxygen atoms in total. The van der Waals surface area contributed by atoms with Crippen LogP contribution in [0.4, 0.5) is 0 Å². The van der Waals surface area contributed by atoms with Crippen molar-refractivity contribution >= 4 is 21.5 Å². The molecule has 8 heteroatoms. The second-order valence-corrected chi connectivity index (χ2v) is 9.61. The van der Waals surface area contributed by atoms with Crippen LogP contribution in [0.15, 0.2) is 24.5 Å². The van der Waals surface area contributed by atoms with Gasteiger partial charge in [0.2, 0.25) is 0 Å². The number of thiazole rings is 1. The summed E-state index contributed by atoms with van der Waals surface area (Å²) >= 11 is 1.65. The number of nitrogens with zero attached hydrogens (tertiary/aromatic N) is 4. The van der Waals surface area contributed by atoms with E-state index in [-0.39, 0.29) is 5.92 Å². The number of piperidine rings is 1. The summed E-state index contributed by atoms with van der Waals surface area (Å²) in [6, 6.07) is 4.03. The number of pyridine rings is 1. The maximum Gasteiger partial charge on any atom is 0.281 e. The molecule has 0 unspecified atom stereocenters. The van der Waals surface area contributed by atoms with E-state index in [9.17, 15) is 8.42 Å². The Labute approximate surface area is 147 Å². The molecule has 3 rings (SSSR count). The Morgan fingerprint density at radius 1 is 1.25 bits per heavy atom. The van der Waals surface area contributed by atoms with Gasteiger partial charge in [-0.1, -0.05) is 0 Å². The molecule has 0 radical (unpaired) electrons. The summed E-state index contributed by atoms with van der Waals surface area (Å²) in [5.74, 6) is 0.139. The zero-order valence-electron chi connectivity index (χ0n) is 14.1. The molecule has 1 fully saturated rings. The van der Waals surface area contributed by atoms with Crippen molar-refractivity contribution in [3.63, 3.8) is 0 Å². The van der Waals surface area contributed by atoms with Crippen LogP contribution in [0.25, 0.3) is 10.6 Å². The Kier molecular flexibility index (Phi) is 5.00. The van der Waals surface area contributed by atoms with Gasteiger partial charge in [0.15, 0.2) is 0 Å². The lowest BCUT2D eigenvalue weighted by molar-refractivity contribution is 0.296. The van der Waals surface area contributed by atoms with Gasteiger partial charge in [0.05, 0.1) is 0 Å². The van der Waals surface area contributed by atoms with Gasteiger partial charge in [0.1, 0.15) is 5.01 Å². The quantitative estimate of drug-likeness (QED) is 0.834. The van der Waals surface area contributed by atoms with Crippen LogP contribution in [0.1, 0.15) is 29.3 Å². The largest absolute Gasteiger partial charge is 0.281 e. The van der Waals surface area contributed by atoms with Gasteiger partial charge in [-0.15, -0.1) is 11.3 Å². The number of hydrogen-bond donors (Lipinski definition) is 0. The van der Waals surface area contributed by atoms with Crippen molar-refractivity contribution in [2.24, 2.45) is 0 Å². The van der Waals surface area contributed by atoms with Crippen molar-refractivity contribution in [2.45, 2.75) is 25.7 Å². The van der Waals surface area contributed by atoms with E-state index in [1.807, 2.05) is 31.5 Å². The zero-order valence-corrected chi connectivity index (χ0v) is 15.8. The third kappa shape index (κ3) is 3.51. The second-order valence-electron chi connectivity index (χ2n) is 6.24. The first-order valence-electron chi connectivity index (χ1n) is 7.94. The lowest BCUT2D eigenvalue weighted by Crippen LogP contribution is -2.45. The molecule has 1 aliphatic rings. The van der Waals surface area contributed by atoms with E-state index in [0.717, 1.165) is 29.1 Å². The van der Waals surface area contributed by atoms with Gasteiger partial charge in [-0.2, -0.15) is 17.0 Å². The summed E-state index contributed by atoms with van der Waals surface area (Å²) in [4.78, 5) is 10.1. The summed E-state index contributed by atoms with van der Waals surface area (Å²) in [5.41, 5.74) is 1.95. The summed E-state index contributed by atoms with van der Waals surface area (Å²) < 4.78 is 27.5. The molecule has 1 atom stereocenters. The van der Waals surface area contributed by atoms with Crippen molar-refractivity contribution in [1.82, 2.24) is 18.6 Å². The highest BCUT2D eigenvalue weighted by atomic mass is 32.2. The smallest absolute Gasteiger partial charge is 0.260 e. The van der Waals surface area contributed by atoms with Crippen molar-refractivity contribution in [3.8, 4) is 10.6 Å². The van der Waals surface area contributed by atoms with Gasteiger partial charge in [-0.25, -0.2) is 4.98 Å². The normalized spacial score (nSPS) is 19.8. The number of aromatic nitrogens is 2. The molecule has 0 bridgehead atoms. The fourth-order valence-corrected chi connectivity index (χ4v) is 4.83. The van der Waals surface area contributed by atoms with Gasteiger partial charge >= 0.3 is 0 Å². The minimum atomic E-state index is -3.36. The number of rotatable bonds is 4. The average molecular weight is 367 g/mol. The van der Waals surface area contributed by atoms with E-state index >= 15 is 0 Å². The van der Waals surface area contributed by atoms with E-state index in [1.54, 1.807) is 29.7 Å². The third-order valence-corrected chi connectivity index (χ3v) is 7.11. The molecule has 0 N–H and O–H groups in total. The first kappa shape index (κ1) is 17.5. The Hall–Kier alpha value is -1.35. The maximum atomic E-state index is 12.3. The predicted molar refractivity (Wildman–Crippen MR) is 96.2 cm³/mol. The van der Waals surface area contributed by atoms with E-state index in [0.29, 0.717) is 13.1 Å². The zero-order chi connectivity index (χ0) is 17.3. The van der Waals surface area contributed by atoms with E-state index in [4.69, 9.17) is 0 Å². The molecule has 2 aromatic rings. The van der Waals surface area contributed by atoms with Crippen LogP contribution in [0.5, 0.6) is 0 Å². The Morgan fingerprint density at radius 2 is 2.04 bits per heavy atom. The highest BCUT2D eigenvalue weighted by molar-refractivity contribution is 7.86. The standard InChI is InChI=1S/C16H22N4O2S2/c1-12-9-18-16(23-12)13-6-7-15(17-10-13)14-5-4-8-20(11-14)24(21,22)19(2)3/h6-7,9-10,14H,4-5,8,11H2,1-3H3/t14-/m1/s1. The topological polar surface area (TPSA) is 66.4 Å². The van der Waals surface area contributed by atoms with Gasteiger partial charge in [0.25, 0.3) is 10.2 Å². The molecule has 0 amide bonds. The van der Waals surface area contributed by atoms with Crippen LogP contribution >= 0.6 is 11.3 Å². The molecular weight excluding hydrogens is 344 g/mol. The molecule has 0 aromatic carbocycles. The highest BCUT2D eigenvalue weighted by Crippen LogP contribution is 2.29. The Balaban J connectivity index is 1.77. The Bertz CT molecular complexity index is 800. The second kappa shape index (κ2) is 6.87. The average Bonchev–Trinajstić information content (AvgIpc) is 3.01. The number of hydrogen-bond acceptors (Lipinski definition) is 5. The van der Waals surface area contributed by atoms with Gasteiger partial charge in [-0.05, 0) is 31.9 Å². The minimum absolute atomic E-state index is 0.139. The molecule has 0 aliphatic carbocycles. The van der Waals surface area contributed by atoms with Crippen molar-refractivity contribution in [2.75, 3.05) is 27.2 Å². The van der Waals surface area contributed by atoms with Crippen LogP contribution in [0.3, 0.4) is 0 Å². The molecule has 0 spiro atoms. The van der Waals surface area contributed by atoms with Crippen molar-refractivity contribution in [1.29, 1.82) is 0 Å². The number of aryl methyl sites for hydroxylation is 1. The fourth-order valence-electron chi connectivity index (χ4n) is 2.89. The summed E-state index contributed by atoms with van der Waals surface area (Å²) in [7, 11) is -0.216. The molecule has 3 heterocycles. The fraction of sp³-hybridized carbons (Fsp3) is 0.500. The van der Waals surface area contributed by atoms with Crippen LogP contribution in [-0.2, 0) is 10.2 Å². The van der Waals surface area contributed by atoms with E-state index in [2.05, 4.69) is 9.97 Å². The van der Waals surface area contributed by atoms with Gasteiger partial charge < -0.3 is 0 Å². The lowest BCUT2D eigenvalue weighted by Gasteiger charge is -2.33. The molecule has 1 aliphatic heterocycles. The lowest BCUT2D eigenvalue weighted by atomic mass is 9.95. The Morgan fingerprint density at radius 3 is 2.62 bits per heavy atom. The minimum Gasteiger partial charge on any atom is -0.260 e. The molecule has 1 saturated heterocycles. The van der Waals surface area contributed by atoms with Crippen molar-refractivity contribution < 1.29 is 8.42 Å². The van der Waals surface area contributed by atoms with Crippen molar-refractivity contribution in [3.05, 3.63) is 35.1 Å². The van der Waals surface area contributed by atoms with E-state index in [1.165, 1.54) is 9.18 Å². The van der Waals surface area contributed by atoms with Gasteiger partial charge in [-0.3, -0.25) is 4.98 Å².